The first-order valence-corrected chi connectivity index (χ1v) is 10.3. The van der Waals surface area contributed by atoms with Crippen molar-refractivity contribution in [3.8, 4) is 11.5 Å². The van der Waals surface area contributed by atoms with Crippen LogP contribution in [0.4, 0.5) is 0 Å². The molecule has 2 rings (SSSR count). The summed E-state index contributed by atoms with van der Waals surface area (Å²) in [6.45, 7) is 5.54. The first-order chi connectivity index (χ1) is 13.1. The fourth-order valence-electron chi connectivity index (χ4n) is 2.65. The molecule has 1 N–H and O–H groups in total. The zero-order valence-corrected chi connectivity index (χ0v) is 17.7. The molecule has 0 fully saturated rings. The molecule has 0 aliphatic heterocycles. The van der Waals surface area contributed by atoms with Crippen LogP contribution in [0, 0.1) is 0 Å². The lowest BCUT2D eigenvalue weighted by atomic mass is 10.1. The molecule has 2 aromatic carbocycles. The topological polar surface area (TPSA) is 47.6 Å². The van der Waals surface area contributed by atoms with E-state index in [1.54, 1.807) is 0 Å². The number of carbonyl (C=O) groups excluding carboxylic acids is 1. The van der Waals surface area contributed by atoms with Crippen LogP contribution in [0.1, 0.15) is 37.8 Å². The molecule has 0 saturated carbocycles. The molecule has 0 saturated heterocycles. The summed E-state index contributed by atoms with van der Waals surface area (Å²) in [6, 6.07) is 14.0. The summed E-state index contributed by atoms with van der Waals surface area (Å²) in [5.41, 5.74) is 2.40. The molecule has 0 bridgehead atoms. The van der Waals surface area contributed by atoms with Gasteiger partial charge >= 0.3 is 0 Å². The number of aryl methyl sites for hydroxylation is 2. The molecular formula is C22H28BrNO3. The number of ether oxygens (including phenoxy) is 2. The van der Waals surface area contributed by atoms with Crippen molar-refractivity contribution >= 4 is 21.8 Å². The van der Waals surface area contributed by atoms with Crippen LogP contribution in [0.25, 0.3) is 0 Å². The maximum absolute atomic E-state index is 12.0. The monoisotopic (exact) mass is 433 g/mol. The Balaban J connectivity index is 1.71. The average molecular weight is 434 g/mol. The standard InChI is InChI=1S/C22H28BrNO3/c1-3-14-26-20-10-6-5-8-18(20)9-7-13-24-22(25)16-27-21-12-11-17(4-2)15-19(21)23/h5-6,8,10-12,15H,3-4,7,9,13-14,16H2,1-2H3,(H,24,25). The zero-order valence-electron chi connectivity index (χ0n) is 16.1. The van der Waals surface area contributed by atoms with Gasteiger partial charge in [-0.1, -0.05) is 38.1 Å². The third-order valence-corrected chi connectivity index (χ3v) is 4.76. The number of nitrogens with one attached hydrogen (secondary N) is 1. The molecule has 0 radical (unpaired) electrons. The second-order valence-electron chi connectivity index (χ2n) is 6.32. The van der Waals surface area contributed by atoms with Gasteiger partial charge in [-0.25, -0.2) is 0 Å². The molecule has 2 aromatic rings. The lowest BCUT2D eigenvalue weighted by molar-refractivity contribution is -0.123. The number of carbonyl (C=O) groups is 1. The van der Waals surface area contributed by atoms with Crippen molar-refractivity contribution in [1.82, 2.24) is 5.32 Å². The maximum atomic E-state index is 12.0. The minimum absolute atomic E-state index is 0.0142. The van der Waals surface area contributed by atoms with E-state index < -0.39 is 0 Å². The van der Waals surface area contributed by atoms with Crippen LogP contribution < -0.4 is 14.8 Å². The highest BCUT2D eigenvalue weighted by Gasteiger charge is 2.07. The van der Waals surface area contributed by atoms with E-state index in [2.05, 4.69) is 41.2 Å². The minimum atomic E-state index is -0.114. The summed E-state index contributed by atoms with van der Waals surface area (Å²) in [4.78, 5) is 12.0. The van der Waals surface area contributed by atoms with Gasteiger partial charge in [-0.2, -0.15) is 0 Å². The average Bonchev–Trinajstić information content (AvgIpc) is 2.69. The Morgan fingerprint density at radius 1 is 1.07 bits per heavy atom. The fraction of sp³-hybridized carbons (Fsp3) is 0.409. The molecule has 1 amide bonds. The Kier molecular flexibility index (Phi) is 9.19. The SMILES string of the molecule is CCCOc1ccccc1CCCNC(=O)COc1ccc(CC)cc1Br. The summed E-state index contributed by atoms with van der Waals surface area (Å²) >= 11 is 3.48. The second kappa shape index (κ2) is 11.7. The molecule has 0 atom stereocenters. The van der Waals surface area contributed by atoms with Crippen molar-refractivity contribution in [2.24, 2.45) is 0 Å². The largest absolute Gasteiger partial charge is 0.493 e. The van der Waals surface area contributed by atoms with Gasteiger partial charge in [0.25, 0.3) is 5.91 Å². The fourth-order valence-corrected chi connectivity index (χ4v) is 3.19. The molecular weight excluding hydrogens is 406 g/mol. The Morgan fingerprint density at radius 3 is 2.63 bits per heavy atom. The van der Waals surface area contributed by atoms with E-state index in [4.69, 9.17) is 9.47 Å². The number of hydrogen-bond acceptors (Lipinski definition) is 3. The van der Waals surface area contributed by atoms with Gasteiger partial charge in [0.05, 0.1) is 11.1 Å². The maximum Gasteiger partial charge on any atom is 0.257 e. The van der Waals surface area contributed by atoms with Crippen LogP contribution in [-0.4, -0.2) is 25.7 Å². The zero-order chi connectivity index (χ0) is 19.5. The predicted octanol–water partition coefficient (Wildman–Crippen LogP) is 4.93. The summed E-state index contributed by atoms with van der Waals surface area (Å²) in [6.07, 6.45) is 3.67. The van der Waals surface area contributed by atoms with E-state index in [1.165, 1.54) is 11.1 Å². The van der Waals surface area contributed by atoms with Gasteiger partial charge in [-0.3, -0.25) is 4.79 Å². The number of amides is 1. The number of halogens is 1. The minimum Gasteiger partial charge on any atom is -0.493 e. The van der Waals surface area contributed by atoms with E-state index in [0.29, 0.717) is 12.3 Å². The Hall–Kier alpha value is -2.01. The normalized spacial score (nSPS) is 10.5. The molecule has 0 aliphatic rings. The molecule has 0 aliphatic carbocycles. The van der Waals surface area contributed by atoms with Crippen molar-refractivity contribution in [3.63, 3.8) is 0 Å². The highest BCUT2D eigenvalue weighted by Crippen LogP contribution is 2.26. The molecule has 4 nitrogen and oxygen atoms in total. The lowest BCUT2D eigenvalue weighted by Gasteiger charge is -2.12. The van der Waals surface area contributed by atoms with E-state index in [-0.39, 0.29) is 12.5 Å². The first-order valence-electron chi connectivity index (χ1n) is 9.52. The Morgan fingerprint density at radius 2 is 1.89 bits per heavy atom. The summed E-state index contributed by atoms with van der Waals surface area (Å²) < 4.78 is 12.2. The van der Waals surface area contributed by atoms with Gasteiger partial charge < -0.3 is 14.8 Å². The highest BCUT2D eigenvalue weighted by atomic mass is 79.9. The molecule has 5 heteroatoms. The smallest absolute Gasteiger partial charge is 0.257 e. The van der Waals surface area contributed by atoms with Gasteiger partial charge in [0.1, 0.15) is 11.5 Å². The van der Waals surface area contributed by atoms with E-state index in [9.17, 15) is 4.79 Å². The molecule has 0 unspecified atom stereocenters. The number of rotatable bonds is 11. The van der Waals surface area contributed by atoms with Crippen molar-refractivity contribution in [2.45, 2.75) is 39.5 Å². The Labute approximate surface area is 170 Å². The highest BCUT2D eigenvalue weighted by molar-refractivity contribution is 9.10. The van der Waals surface area contributed by atoms with E-state index in [0.717, 1.165) is 42.5 Å². The Bertz CT molecular complexity index is 733. The van der Waals surface area contributed by atoms with Gasteiger partial charge in [-0.15, -0.1) is 0 Å². The van der Waals surface area contributed by atoms with Crippen LogP contribution in [-0.2, 0) is 17.6 Å². The molecule has 0 heterocycles. The number of hydrogen-bond donors (Lipinski definition) is 1. The van der Waals surface area contributed by atoms with Gasteiger partial charge in [0, 0.05) is 6.54 Å². The number of benzene rings is 2. The van der Waals surface area contributed by atoms with Crippen molar-refractivity contribution < 1.29 is 14.3 Å². The first kappa shape index (κ1) is 21.3. The molecule has 0 spiro atoms. The van der Waals surface area contributed by atoms with Crippen molar-refractivity contribution in [2.75, 3.05) is 19.8 Å². The van der Waals surface area contributed by atoms with Crippen LogP contribution in [0.2, 0.25) is 0 Å². The summed E-state index contributed by atoms with van der Waals surface area (Å²) in [5.74, 6) is 1.51. The quantitative estimate of drug-likeness (QED) is 0.511. The number of para-hydroxylation sites is 1. The summed E-state index contributed by atoms with van der Waals surface area (Å²) in [5, 5.41) is 2.91. The van der Waals surface area contributed by atoms with Crippen molar-refractivity contribution in [1.29, 1.82) is 0 Å². The van der Waals surface area contributed by atoms with Crippen molar-refractivity contribution in [3.05, 3.63) is 58.1 Å². The third-order valence-electron chi connectivity index (χ3n) is 4.14. The molecule has 27 heavy (non-hydrogen) atoms. The van der Waals surface area contributed by atoms with Gasteiger partial charge in [0.2, 0.25) is 0 Å². The third kappa shape index (κ3) is 7.25. The van der Waals surface area contributed by atoms with E-state index >= 15 is 0 Å². The van der Waals surface area contributed by atoms with E-state index in [1.807, 2.05) is 36.4 Å². The predicted molar refractivity (Wildman–Crippen MR) is 113 cm³/mol. The summed E-state index contributed by atoms with van der Waals surface area (Å²) in [7, 11) is 0. The van der Waals surface area contributed by atoms with Crippen LogP contribution in [0.3, 0.4) is 0 Å². The lowest BCUT2D eigenvalue weighted by Crippen LogP contribution is -2.30. The second-order valence-corrected chi connectivity index (χ2v) is 7.17. The van der Waals surface area contributed by atoms with Gasteiger partial charge in [0.15, 0.2) is 6.61 Å². The molecule has 0 aromatic heterocycles. The van der Waals surface area contributed by atoms with Crippen LogP contribution in [0.15, 0.2) is 46.9 Å². The van der Waals surface area contributed by atoms with Crippen LogP contribution in [0.5, 0.6) is 11.5 Å². The van der Waals surface area contributed by atoms with Gasteiger partial charge in [-0.05, 0) is 70.9 Å². The molecule has 146 valence electrons. The van der Waals surface area contributed by atoms with Crippen LogP contribution >= 0.6 is 15.9 Å².